The van der Waals surface area contributed by atoms with Gasteiger partial charge in [-0.3, -0.25) is 4.79 Å². The summed E-state index contributed by atoms with van der Waals surface area (Å²) >= 11 is 1.53. The number of thiophene rings is 1. The van der Waals surface area contributed by atoms with Crippen molar-refractivity contribution in [2.75, 3.05) is 19.7 Å². The third kappa shape index (κ3) is 5.51. The first kappa shape index (κ1) is 21.6. The number of sulfonamides is 1. The predicted octanol–water partition coefficient (Wildman–Crippen LogP) is 3.17. The first-order chi connectivity index (χ1) is 13.9. The molecular formula is C20H23FN2O4S2. The minimum absolute atomic E-state index is 0.0382. The Morgan fingerprint density at radius 1 is 1.41 bits per heavy atom. The molecule has 1 N–H and O–H groups in total. The number of carbonyl (C=O) groups excluding carboxylic acids is 1. The van der Waals surface area contributed by atoms with Crippen LogP contribution in [0.4, 0.5) is 4.39 Å². The van der Waals surface area contributed by atoms with Crippen molar-refractivity contribution >= 4 is 27.3 Å². The maximum Gasteiger partial charge on any atom is 0.254 e. The fourth-order valence-corrected chi connectivity index (χ4v) is 4.93. The number of ether oxygens (including phenoxy) is 1. The molecule has 2 aromatic rings. The van der Waals surface area contributed by atoms with Crippen molar-refractivity contribution in [1.29, 1.82) is 0 Å². The van der Waals surface area contributed by atoms with Gasteiger partial charge in [0.2, 0.25) is 10.0 Å². The summed E-state index contributed by atoms with van der Waals surface area (Å²) in [6.07, 6.45) is 3.11. The Kier molecular flexibility index (Phi) is 7.18. The van der Waals surface area contributed by atoms with E-state index < -0.39 is 20.7 Å². The highest BCUT2D eigenvalue weighted by Crippen LogP contribution is 2.22. The first-order valence-corrected chi connectivity index (χ1v) is 11.6. The zero-order valence-electron chi connectivity index (χ0n) is 15.8. The van der Waals surface area contributed by atoms with Crippen LogP contribution in [0.25, 0.3) is 0 Å². The van der Waals surface area contributed by atoms with Crippen molar-refractivity contribution in [2.45, 2.75) is 30.4 Å². The molecule has 0 bridgehead atoms. The Morgan fingerprint density at radius 3 is 2.90 bits per heavy atom. The molecule has 2 heterocycles. The number of carbonyl (C=O) groups is 1. The van der Waals surface area contributed by atoms with E-state index in [1.807, 2.05) is 17.5 Å². The molecule has 1 aliphatic rings. The van der Waals surface area contributed by atoms with Gasteiger partial charge in [0.25, 0.3) is 5.91 Å². The lowest BCUT2D eigenvalue weighted by Gasteiger charge is -2.25. The lowest BCUT2D eigenvalue weighted by atomic mass is 10.1. The van der Waals surface area contributed by atoms with E-state index in [1.54, 1.807) is 4.90 Å². The van der Waals surface area contributed by atoms with Crippen molar-refractivity contribution in [1.82, 2.24) is 9.62 Å². The molecule has 1 aromatic carbocycles. The molecule has 1 saturated heterocycles. The molecule has 1 aromatic heterocycles. The van der Waals surface area contributed by atoms with E-state index in [-0.39, 0.29) is 24.1 Å². The Bertz CT molecular complexity index is 955. The molecule has 1 amide bonds. The molecule has 1 atom stereocenters. The van der Waals surface area contributed by atoms with Crippen molar-refractivity contribution in [3.63, 3.8) is 0 Å². The lowest BCUT2D eigenvalue weighted by Crippen LogP contribution is -2.37. The van der Waals surface area contributed by atoms with E-state index in [1.165, 1.54) is 23.5 Å². The molecule has 0 aliphatic carbocycles. The van der Waals surface area contributed by atoms with Gasteiger partial charge in [0.05, 0.1) is 12.6 Å². The average molecular weight is 439 g/mol. The largest absolute Gasteiger partial charge is 0.376 e. The van der Waals surface area contributed by atoms with Gasteiger partial charge in [-0.25, -0.2) is 17.5 Å². The predicted molar refractivity (Wildman–Crippen MR) is 110 cm³/mol. The van der Waals surface area contributed by atoms with Crippen molar-refractivity contribution < 1.29 is 22.3 Å². The average Bonchev–Trinajstić information content (AvgIpc) is 3.40. The van der Waals surface area contributed by atoms with Crippen LogP contribution in [0.15, 0.2) is 53.3 Å². The molecule has 0 spiro atoms. The number of rotatable bonds is 9. The van der Waals surface area contributed by atoms with Crippen LogP contribution >= 0.6 is 11.3 Å². The van der Waals surface area contributed by atoms with E-state index >= 15 is 0 Å². The summed E-state index contributed by atoms with van der Waals surface area (Å²) in [6.45, 7) is 4.84. The molecule has 0 saturated carbocycles. The van der Waals surface area contributed by atoms with E-state index in [4.69, 9.17) is 4.74 Å². The van der Waals surface area contributed by atoms with Crippen molar-refractivity contribution in [3.8, 4) is 0 Å². The Hall–Kier alpha value is -2.07. The quantitative estimate of drug-likeness (QED) is 0.610. The van der Waals surface area contributed by atoms with E-state index in [9.17, 15) is 17.6 Å². The summed E-state index contributed by atoms with van der Waals surface area (Å²) in [5.74, 6) is -1.28. The first-order valence-electron chi connectivity index (χ1n) is 9.24. The summed E-state index contributed by atoms with van der Waals surface area (Å²) in [7, 11) is -4.10. The van der Waals surface area contributed by atoms with Gasteiger partial charge in [0.15, 0.2) is 0 Å². The summed E-state index contributed by atoms with van der Waals surface area (Å²) < 4.78 is 46.8. The number of hydrogen-bond donors (Lipinski definition) is 1. The normalized spacial score (nSPS) is 16.7. The van der Waals surface area contributed by atoms with Gasteiger partial charge in [0, 0.05) is 30.1 Å². The molecule has 6 nitrogen and oxygen atoms in total. The lowest BCUT2D eigenvalue weighted by molar-refractivity contribution is 0.0509. The van der Waals surface area contributed by atoms with Crippen LogP contribution in [0.3, 0.4) is 0 Å². The Labute approximate surface area is 174 Å². The van der Waals surface area contributed by atoms with Crippen LogP contribution in [-0.4, -0.2) is 45.0 Å². The Morgan fingerprint density at radius 2 is 2.24 bits per heavy atom. The molecule has 1 aliphatic heterocycles. The number of nitrogens with one attached hydrogen (secondary N) is 1. The summed E-state index contributed by atoms with van der Waals surface area (Å²) in [5.41, 5.74) is 0.111. The van der Waals surface area contributed by atoms with Gasteiger partial charge in [-0.05, 0) is 42.5 Å². The van der Waals surface area contributed by atoms with Crippen LogP contribution in [0.5, 0.6) is 0 Å². The molecule has 29 heavy (non-hydrogen) atoms. The van der Waals surface area contributed by atoms with Crippen LogP contribution in [0.1, 0.15) is 28.1 Å². The third-order valence-electron chi connectivity index (χ3n) is 4.55. The molecule has 0 radical (unpaired) electrons. The van der Waals surface area contributed by atoms with Gasteiger partial charge < -0.3 is 9.64 Å². The monoisotopic (exact) mass is 438 g/mol. The van der Waals surface area contributed by atoms with E-state index in [0.717, 1.165) is 29.9 Å². The SMILES string of the molecule is C=CCNS(=O)(=O)c1cc(C(=O)N(Cc2cccs2)CC2CCCO2)ccc1F. The number of nitrogens with zero attached hydrogens (tertiary/aromatic N) is 1. The van der Waals surface area contributed by atoms with Crippen LogP contribution in [0.2, 0.25) is 0 Å². The van der Waals surface area contributed by atoms with Crippen molar-refractivity contribution in [2.24, 2.45) is 0 Å². The summed E-state index contributed by atoms with van der Waals surface area (Å²) in [5, 5.41) is 1.93. The van der Waals surface area contributed by atoms with Gasteiger partial charge in [-0.15, -0.1) is 17.9 Å². The minimum atomic E-state index is -4.10. The third-order valence-corrected chi connectivity index (χ3v) is 6.85. The zero-order chi connectivity index (χ0) is 20.9. The summed E-state index contributed by atoms with van der Waals surface area (Å²) in [4.78, 5) is 15.3. The van der Waals surface area contributed by atoms with Gasteiger partial charge in [-0.1, -0.05) is 12.1 Å². The Balaban J connectivity index is 1.88. The maximum atomic E-state index is 14.2. The minimum Gasteiger partial charge on any atom is -0.376 e. The van der Waals surface area contributed by atoms with Gasteiger partial charge >= 0.3 is 0 Å². The zero-order valence-corrected chi connectivity index (χ0v) is 17.5. The fraction of sp³-hybridized carbons (Fsp3) is 0.350. The topological polar surface area (TPSA) is 75.7 Å². The molecule has 1 unspecified atom stereocenters. The number of benzene rings is 1. The van der Waals surface area contributed by atoms with Crippen LogP contribution in [0, 0.1) is 5.82 Å². The molecule has 156 valence electrons. The number of halogens is 1. The van der Waals surface area contributed by atoms with Crippen molar-refractivity contribution in [3.05, 3.63) is 64.6 Å². The standard InChI is InChI=1S/C20H23FN2O4S2/c1-2-9-22-29(25,26)19-12-15(7-8-18(19)21)20(24)23(13-16-5-3-10-27-16)14-17-6-4-11-28-17/h2,4,6-8,11-12,16,22H,1,3,5,9-10,13-14H2. The maximum absolute atomic E-state index is 14.2. The van der Waals surface area contributed by atoms with Gasteiger partial charge in [0.1, 0.15) is 10.7 Å². The molecule has 3 rings (SSSR count). The number of hydrogen-bond acceptors (Lipinski definition) is 5. The fourth-order valence-electron chi connectivity index (χ4n) is 3.12. The number of amides is 1. The second kappa shape index (κ2) is 9.62. The molecule has 9 heteroatoms. The second-order valence-corrected chi connectivity index (χ2v) is 9.45. The highest BCUT2D eigenvalue weighted by molar-refractivity contribution is 7.89. The smallest absolute Gasteiger partial charge is 0.254 e. The second-order valence-electron chi connectivity index (χ2n) is 6.69. The van der Waals surface area contributed by atoms with Crippen LogP contribution < -0.4 is 4.72 Å². The molecule has 1 fully saturated rings. The van der Waals surface area contributed by atoms with E-state index in [2.05, 4.69) is 11.3 Å². The summed E-state index contributed by atoms with van der Waals surface area (Å²) in [6, 6.07) is 7.23. The highest BCUT2D eigenvalue weighted by atomic mass is 32.2. The highest BCUT2D eigenvalue weighted by Gasteiger charge is 2.26. The molecular weight excluding hydrogens is 415 g/mol. The van der Waals surface area contributed by atoms with Crippen LogP contribution in [-0.2, 0) is 21.3 Å². The van der Waals surface area contributed by atoms with E-state index in [0.29, 0.717) is 19.7 Å². The van der Waals surface area contributed by atoms with Gasteiger partial charge in [-0.2, -0.15) is 0 Å².